The Labute approximate surface area is 137 Å². The van der Waals surface area contributed by atoms with Crippen molar-refractivity contribution in [1.29, 1.82) is 0 Å². The van der Waals surface area contributed by atoms with E-state index in [1.165, 1.54) is 6.92 Å². The average Bonchev–Trinajstić information content (AvgIpc) is 2.48. The van der Waals surface area contributed by atoms with E-state index < -0.39 is 6.04 Å². The zero-order chi connectivity index (χ0) is 17.4. The molecule has 1 rings (SSSR count). The number of hydrogen-bond donors (Lipinski definition) is 3. The van der Waals surface area contributed by atoms with Gasteiger partial charge in [0, 0.05) is 25.6 Å². The summed E-state index contributed by atoms with van der Waals surface area (Å²) in [7, 11) is 0. The molecule has 1 aromatic carbocycles. The van der Waals surface area contributed by atoms with E-state index in [2.05, 4.69) is 16.0 Å². The second kappa shape index (κ2) is 8.92. The van der Waals surface area contributed by atoms with E-state index in [9.17, 15) is 14.4 Å². The lowest BCUT2D eigenvalue weighted by Gasteiger charge is -2.22. The van der Waals surface area contributed by atoms with Crippen molar-refractivity contribution >= 4 is 17.7 Å². The summed E-state index contributed by atoms with van der Waals surface area (Å²) in [5.74, 6) is -0.729. The molecule has 0 aromatic heterocycles. The Balaban J connectivity index is 2.62. The molecule has 0 saturated heterocycles. The minimum atomic E-state index is -0.625. The van der Waals surface area contributed by atoms with Gasteiger partial charge >= 0.3 is 0 Å². The smallest absolute Gasteiger partial charge is 0.251 e. The molecule has 0 radical (unpaired) electrons. The van der Waals surface area contributed by atoms with Gasteiger partial charge in [0.05, 0.1) is 0 Å². The lowest BCUT2D eigenvalue weighted by Crippen LogP contribution is -2.50. The van der Waals surface area contributed by atoms with Gasteiger partial charge in [0.15, 0.2) is 0 Å². The maximum Gasteiger partial charge on any atom is 0.251 e. The standard InChI is InChI=1S/C17H25N3O3/c1-11(2)15(17(23)19-9-8-18-13(4)21)20-16(22)14-7-5-6-12(3)10-14/h5-7,10-11,15H,8-9H2,1-4H3,(H,18,21)(H,19,23)(H,20,22). The third kappa shape index (κ3) is 6.50. The first-order valence-electron chi connectivity index (χ1n) is 7.71. The minimum Gasteiger partial charge on any atom is -0.355 e. The van der Waals surface area contributed by atoms with E-state index in [0.29, 0.717) is 18.7 Å². The number of aryl methyl sites for hydroxylation is 1. The largest absolute Gasteiger partial charge is 0.355 e. The van der Waals surface area contributed by atoms with Crippen LogP contribution in [0.5, 0.6) is 0 Å². The van der Waals surface area contributed by atoms with Crippen LogP contribution in [-0.2, 0) is 9.59 Å². The van der Waals surface area contributed by atoms with E-state index in [-0.39, 0.29) is 23.6 Å². The number of benzene rings is 1. The van der Waals surface area contributed by atoms with E-state index >= 15 is 0 Å². The van der Waals surface area contributed by atoms with Crippen molar-refractivity contribution in [2.24, 2.45) is 5.92 Å². The first-order valence-corrected chi connectivity index (χ1v) is 7.71. The van der Waals surface area contributed by atoms with Crippen LogP contribution in [0.2, 0.25) is 0 Å². The molecular formula is C17H25N3O3. The van der Waals surface area contributed by atoms with Gasteiger partial charge in [-0.3, -0.25) is 14.4 Å². The Morgan fingerprint density at radius 1 is 1.09 bits per heavy atom. The van der Waals surface area contributed by atoms with E-state index in [0.717, 1.165) is 5.56 Å². The van der Waals surface area contributed by atoms with Crippen LogP contribution in [0, 0.1) is 12.8 Å². The Kier molecular flexibility index (Phi) is 7.25. The third-order valence-corrected chi connectivity index (χ3v) is 3.31. The summed E-state index contributed by atoms with van der Waals surface area (Å²) in [6.45, 7) is 7.75. The summed E-state index contributed by atoms with van der Waals surface area (Å²) in [4.78, 5) is 35.3. The van der Waals surface area contributed by atoms with Crippen molar-refractivity contribution in [2.75, 3.05) is 13.1 Å². The second-order valence-corrected chi connectivity index (χ2v) is 5.84. The topological polar surface area (TPSA) is 87.3 Å². The highest BCUT2D eigenvalue weighted by Crippen LogP contribution is 2.07. The molecule has 0 saturated carbocycles. The molecule has 3 amide bonds. The molecule has 6 heteroatoms. The Hall–Kier alpha value is -2.37. The molecule has 6 nitrogen and oxygen atoms in total. The quantitative estimate of drug-likeness (QED) is 0.655. The highest BCUT2D eigenvalue weighted by molar-refractivity contribution is 5.97. The zero-order valence-corrected chi connectivity index (χ0v) is 14.1. The van der Waals surface area contributed by atoms with Gasteiger partial charge < -0.3 is 16.0 Å². The molecule has 0 bridgehead atoms. The van der Waals surface area contributed by atoms with Crippen molar-refractivity contribution < 1.29 is 14.4 Å². The molecule has 1 atom stereocenters. The minimum absolute atomic E-state index is 0.0514. The fourth-order valence-electron chi connectivity index (χ4n) is 2.08. The maximum atomic E-state index is 12.3. The van der Waals surface area contributed by atoms with Gasteiger partial charge in [0.1, 0.15) is 6.04 Å². The molecule has 0 heterocycles. The summed E-state index contributed by atoms with van der Waals surface area (Å²) in [5, 5.41) is 8.09. The first-order chi connectivity index (χ1) is 10.8. The Morgan fingerprint density at radius 2 is 1.74 bits per heavy atom. The Bertz CT molecular complexity index is 570. The molecule has 1 unspecified atom stereocenters. The molecule has 126 valence electrons. The summed E-state index contributed by atoms with van der Waals surface area (Å²) in [6, 6.07) is 6.59. The van der Waals surface area contributed by atoms with Crippen LogP contribution < -0.4 is 16.0 Å². The predicted molar refractivity (Wildman–Crippen MR) is 89.0 cm³/mol. The zero-order valence-electron chi connectivity index (χ0n) is 14.1. The lowest BCUT2D eigenvalue weighted by atomic mass is 10.0. The van der Waals surface area contributed by atoms with Gasteiger partial charge in [0.25, 0.3) is 5.91 Å². The number of carbonyl (C=O) groups excluding carboxylic acids is 3. The monoisotopic (exact) mass is 319 g/mol. The molecular weight excluding hydrogens is 294 g/mol. The number of amides is 3. The maximum absolute atomic E-state index is 12.3. The van der Waals surface area contributed by atoms with Gasteiger partial charge in [-0.2, -0.15) is 0 Å². The highest BCUT2D eigenvalue weighted by atomic mass is 16.2. The van der Waals surface area contributed by atoms with Crippen molar-refractivity contribution in [3.8, 4) is 0 Å². The van der Waals surface area contributed by atoms with E-state index in [1.807, 2.05) is 32.9 Å². The number of rotatable bonds is 7. The summed E-state index contributed by atoms with van der Waals surface area (Å²) >= 11 is 0. The van der Waals surface area contributed by atoms with Gasteiger partial charge in [-0.15, -0.1) is 0 Å². The Morgan fingerprint density at radius 3 is 2.30 bits per heavy atom. The fraction of sp³-hybridized carbons (Fsp3) is 0.471. The predicted octanol–water partition coefficient (Wildman–Crippen LogP) is 1.00. The number of carbonyl (C=O) groups is 3. The SMILES string of the molecule is CC(=O)NCCNC(=O)C(NC(=O)c1cccc(C)c1)C(C)C. The van der Waals surface area contributed by atoms with Crippen LogP contribution in [0.3, 0.4) is 0 Å². The third-order valence-electron chi connectivity index (χ3n) is 3.31. The number of hydrogen-bond acceptors (Lipinski definition) is 3. The summed E-state index contributed by atoms with van der Waals surface area (Å²) < 4.78 is 0. The van der Waals surface area contributed by atoms with Crippen LogP contribution >= 0.6 is 0 Å². The molecule has 0 aliphatic carbocycles. The summed E-state index contributed by atoms with van der Waals surface area (Å²) in [5.41, 5.74) is 1.51. The van der Waals surface area contributed by atoms with Crippen LogP contribution in [0.15, 0.2) is 24.3 Å². The van der Waals surface area contributed by atoms with E-state index in [4.69, 9.17) is 0 Å². The molecule has 23 heavy (non-hydrogen) atoms. The van der Waals surface area contributed by atoms with Crippen molar-refractivity contribution in [3.63, 3.8) is 0 Å². The van der Waals surface area contributed by atoms with E-state index in [1.54, 1.807) is 12.1 Å². The van der Waals surface area contributed by atoms with Crippen molar-refractivity contribution in [1.82, 2.24) is 16.0 Å². The summed E-state index contributed by atoms with van der Waals surface area (Å²) in [6.07, 6.45) is 0. The average molecular weight is 319 g/mol. The second-order valence-electron chi connectivity index (χ2n) is 5.84. The van der Waals surface area contributed by atoms with Crippen LogP contribution in [0.1, 0.15) is 36.7 Å². The van der Waals surface area contributed by atoms with Crippen molar-refractivity contribution in [2.45, 2.75) is 33.7 Å². The molecule has 0 spiro atoms. The van der Waals surface area contributed by atoms with Crippen molar-refractivity contribution in [3.05, 3.63) is 35.4 Å². The molecule has 1 aromatic rings. The molecule has 0 aliphatic rings. The molecule has 0 aliphatic heterocycles. The first kappa shape index (κ1) is 18.7. The number of nitrogens with one attached hydrogen (secondary N) is 3. The normalized spacial score (nSPS) is 11.7. The fourth-order valence-corrected chi connectivity index (χ4v) is 2.08. The van der Waals surface area contributed by atoms with Gasteiger partial charge in [-0.05, 0) is 25.0 Å². The van der Waals surface area contributed by atoms with Crippen LogP contribution in [-0.4, -0.2) is 36.9 Å². The van der Waals surface area contributed by atoms with Gasteiger partial charge in [-0.25, -0.2) is 0 Å². The van der Waals surface area contributed by atoms with Crippen LogP contribution in [0.25, 0.3) is 0 Å². The van der Waals surface area contributed by atoms with Gasteiger partial charge in [-0.1, -0.05) is 31.5 Å². The lowest BCUT2D eigenvalue weighted by molar-refractivity contribution is -0.124. The van der Waals surface area contributed by atoms with Gasteiger partial charge in [0.2, 0.25) is 11.8 Å². The van der Waals surface area contributed by atoms with Crippen LogP contribution in [0.4, 0.5) is 0 Å². The highest BCUT2D eigenvalue weighted by Gasteiger charge is 2.24. The molecule has 3 N–H and O–H groups in total. The molecule has 0 fully saturated rings.